The minimum absolute atomic E-state index is 0.0222. The number of rotatable bonds is 9. The van der Waals surface area contributed by atoms with Gasteiger partial charge in [-0.1, -0.05) is 11.6 Å². The summed E-state index contributed by atoms with van der Waals surface area (Å²) in [7, 11) is 3.87. The Morgan fingerprint density at radius 3 is 2.56 bits per heavy atom. The van der Waals surface area contributed by atoms with Gasteiger partial charge in [0.05, 0.1) is 17.9 Å². The normalized spacial score (nSPS) is 13.7. The van der Waals surface area contributed by atoms with Gasteiger partial charge in [-0.25, -0.2) is 18.4 Å². The molecule has 10 heteroatoms. The summed E-state index contributed by atoms with van der Waals surface area (Å²) in [6.45, 7) is 1.41. The monoisotopic (exact) mass is 463 g/mol. The molecule has 7 nitrogen and oxygen atoms in total. The van der Waals surface area contributed by atoms with Crippen molar-refractivity contribution in [2.24, 2.45) is 5.92 Å². The molecule has 3 aromatic rings. The average molecular weight is 464 g/mol. The molecule has 0 bridgehead atoms. The third-order valence-corrected chi connectivity index (χ3v) is 5.50. The predicted molar refractivity (Wildman–Crippen MR) is 117 cm³/mol. The van der Waals surface area contributed by atoms with Gasteiger partial charge in [0.2, 0.25) is 5.82 Å². The molecule has 2 aromatic heterocycles. The summed E-state index contributed by atoms with van der Waals surface area (Å²) in [4.78, 5) is 19.3. The van der Waals surface area contributed by atoms with Crippen LogP contribution in [0.2, 0.25) is 5.15 Å². The maximum absolute atomic E-state index is 15.1. The Balaban J connectivity index is 1.74. The van der Waals surface area contributed by atoms with Gasteiger partial charge in [-0.15, -0.1) is 0 Å². The first-order valence-corrected chi connectivity index (χ1v) is 10.8. The Labute approximate surface area is 189 Å². The molecule has 0 spiro atoms. The Morgan fingerprint density at radius 1 is 1.25 bits per heavy atom. The molecule has 2 heterocycles. The second-order valence-corrected chi connectivity index (χ2v) is 8.51. The van der Waals surface area contributed by atoms with E-state index in [0.29, 0.717) is 19.6 Å². The number of nitrogens with zero attached hydrogens (tertiary/aromatic N) is 5. The van der Waals surface area contributed by atoms with Gasteiger partial charge in [0, 0.05) is 37.6 Å². The second kappa shape index (κ2) is 9.38. The number of hydrogen-bond donors (Lipinski definition) is 0. The zero-order valence-corrected chi connectivity index (χ0v) is 18.6. The van der Waals surface area contributed by atoms with E-state index in [1.807, 2.05) is 19.0 Å². The summed E-state index contributed by atoms with van der Waals surface area (Å²) < 4.78 is 38.3. The van der Waals surface area contributed by atoms with Crippen LogP contribution in [-0.4, -0.2) is 51.5 Å². The number of aromatic nitrogens is 4. The predicted octanol–water partition coefficient (Wildman–Crippen LogP) is 3.77. The van der Waals surface area contributed by atoms with Crippen LogP contribution in [0.1, 0.15) is 19.3 Å². The maximum atomic E-state index is 15.1. The number of hydrogen-bond acceptors (Lipinski definition) is 5. The average Bonchev–Trinajstić information content (AvgIpc) is 3.38. The molecule has 0 radical (unpaired) electrons. The van der Waals surface area contributed by atoms with Crippen LogP contribution >= 0.6 is 11.6 Å². The van der Waals surface area contributed by atoms with E-state index in [-0.39, 0.29) is 28.3 Å². The fourth-order valence-electron chi connectivity index (χ4n) is 3.47. The first-order chi connectivity index (χ1) is 15.3. The van der Waals surface area contributed by atoms with Crippen molar-refractivity contribution in [2.75, 3.05) is 27.2 Å². The van der Waals surface area contributed by atoms with E-state index in [2.05, 4.69) is 10.1 Å². The van der Waals surface area contributed by atoms with Crippen LogP contribution in [0.4, 0.5) is 8.78 Å². The summed E-state index contributed by atoms with van der Waals surface area (Å²) in [5.74, 6) is -1.43. The summed E-state index contributed by atoms with van der Waals surface area (Å²) in [6, 6.07) is 3.86. The van der Waals surface area contributed by atoms with E-state index in [0.717, 1.165) is 31.5 Å². The van der Waals surface area contributed by atoms with Gasteiger partial charge in [0.1, 0.15) is 17.4 Å². The van der Waals surface area contributed by atoms with Crippen LogP contribution in [0, 0.1) is 17.6 Å². The molecule has 0 saturated heterocycles. The van der Waals surface area contributed by atoms with Gasteiger partial charge in [-0.3, -0.25) is 4.79 Å². The third kappa shape index (κ3) is 4.83. The van der Waals surface area contributed by atoms with Gasteiger partial charge >= 0.3 is 0 Å². The summed E-state index contributed by atoms with van der Waals surface area (Å²) in [6.07, 6.45) is 5.65. The zero-order chi connectivity index (χ0) is 22.8. The van der Waals surface area contributed by atoms with Crippen molar-refractivity contribution in [1.29, 1.82) is 0 Å². The summed E-state index contributed by atoms with van der Waals surface area (Å²) in [5, 5.41) is 3.86. The zero-order valence-electron chi connectivity index (χ0n) is 17.9. The van der Waals surface area contributed by atoms with Crippen molar-refractivity contribution in [2.45, 2.75) is 25.8 Å². The van der Waals surface area contributed by atoms with E-state index in [4.69, 9.17) is 16.3 Å². The van der Waals surface area contributed by atoms with Crippen LogP contribution in [0.15, 0.2) is 35.4 Å². The standard InChI is InChI=1S/C22H24ClF2N5O2/c1-28(2)8-4-10-32-15-11-16(24)18(17(25)12-15)19-20(23)27-21(30-9-3-7-26-30)22(31)29(19)13-14-5-6-14/h3,7,9,11-12,14H,4-6,8,10,13H2,1-2H3. The van der Waals surface area contributed by atoms with Crippen molar-refractivity contribution < 1.29 is 13.5 Å². The largest absolute Gasteiger partial charge is 0.493 e. The topological polar surface area (TPSA) is 65.2 Å². The van der Waals surface area contributed by atoms with Crippen molar-refractivity contribution in [1.82, 2.24) is 24.2 Å². The molecule has 1 saturated carbocycles. The Hall–Kier alpha value is -2.78. The fraction of sp³-hybridized carbons (Fsp3) is 0.409. The smallest absolute Gasteiger partial charge is 0.296 e. The highest BCUT2D eigenvalue weighted by Crippen LogP contribution is 2.36. The van der Waals surface area contributed by atoms with Crippen LogP contribution in [0.3, 0.4) is 0 Å². The molecule has 4 rings (SSSR count). The van der Waals surface area contributed by atoms with Gasteiger partial charge < -0.3 is 14.2 Å². The number of benzene rings is 1. The van der Waals surface area contributed by atoms with E-state index in [1.54, 1.807) is 12.3 Å². The van der Waals surface area contributed by atoms with Crippen molar-refractivity contribution in [3.63, 3.8) is 0 Å². The van der Waals surface area contributed by atoms with Gasteiger partial charge in [-0.05, 0) is 45.3 Å². The first kappa shape index (κ1) is 22.4. The van der Waals surface area contributed by atoms with Gasteiger partial charge in [0.25, 0.3) is 5.56 Å². The molecule has 1 aliphatic rings. The van der Waals surface area contributed by atoms with Crippen molar-refractivity contribution in [3.8, 4) is 22.8 Å². The van der Waals surface area contributed by atoms with E-state index in [9.17, 15) is 4.79 Å². The summed E-state index contributed by atoms with van der Waals surface area (Å²) >= 11 is 6.40. The SMILES string of the molecule is CN(C)CCCOc1cc(F)c(-c2c(Cl)nc(-n3cccn3)c(=O)n2CC2CC2)c(F)c1. The molecule has 0 amide bonds. The van der Waals surface area contributed by atoms with Crippen LogP contribution in [-0.2, 0) is 6.54 Å². The number of halogens is 3. The van der Waals surface area contributed by atoms with E-state index < -0.39 is 22.8 Å². The molecule has 0 unspecified atom stereocenters. The van der Waals surface area contributed by atoms with Gasteiger partial charge in [0.15, 0.2) is 5.15 Å². The Bertz CT molecular complexity index is 1140. The lowest BCUT2D eigenvalue weighted by Crippen LogP contribution is -2.29. The van der Waals surface area contributed by atoms with Gasteiger partial charge in [-0.2, -0.15) is 5.10 Å². The van der Waals surface area contributed by atoms with E-state index >= 15 is 8.78 Å². The molecular formula is C22H24ClF2N5O2. The molecule has 1 fully saturated rings. The minimum Gasteiger partial charge on any atom is -0.493 e. The van der Waals surface area contributed by atoms with Crippen LogP contribution in [0.25, 0.3) is 17.1 Å². The highest BCUT2D eigenvalue weighted by Gasteiger charge is 2.29. The molecule has 0 N–H and O–H groups in total. The van der Waals surface area contributed by atoms with Crippen molar-refractivity contribution in [3.05, 3.63) is 57.7 Å². The lowest BCUT2D eigenvalue weighted by atomic mass is 10.1. The van der Waals surface area contributed by atoms with E-state index in [1.165, 1.54) is 15.4 Å². The lowest BCUT2D eigenvalue weighted by molar-refractivity contribution is 0.279. The van der Waals surface area contributed by atoms with Crippen LogP contribution in [0.5, 0.6) is 5.75 Å². The quantitative estimate of drug-likeness (QED) is 0.452. The molecule has 0 atom stereocenters. The summed E-state index contributed by atoms with van der Waals surface area (Å²) in [5.41, 5.74) is -0.982. The molecule has 0 aliphatic heterocycles. The molecule has 1 aromatic carbocycles. The number of ether oxygens (including phenoxy) is 1. The first-order valence-electron chi connectivity index (χ1n) is 10.4. The second-order valence-electron chi connectivity index (χ2n) is 8.15. The molecule has 170 valence electrons. The Morgan fingerprint density at radius 2 is 1.97 bits per heavy atom. The van der Waals surface area contributed by atoms with Crippen LogP contribution < -0.4 is 10.3 Å². The van der Waals surface area contributed by atoms with Crippen molar-refractivity contribution >= 4 is 11.6 Å². The lowest BCUT2D eigenvalue weighted by Gasteiger charge is -2.17. The Kier molecular flexibility index (Phi) is 6.57. The fourth-order valence-corrected chi connectivity index (χ4v) is 3.75. The minimum atomic E-state index is -0.868. The highest BCUT2D eigenvalue weighted by molar-refractivity contribution is 6.31. The highest BCUT2D eigenvalue weighted by atomic mass is 35.5. The molecule has 32 heavy (non-hydrogen) atoms. The molecular weight excluding hydrogens is 440 g/mol. The molecule has 1 aliphatic carbocycles. The third-order valence-electron chi connectivity index (χ3n) is 5.24. The maximum Gasteiger partial charge on any atom is 0.296 e.